The van der Waals surface area contributed by atoms with Crippen molar-refractivity contribution in [2.75, 3.05) is 13.2 Å². The van der Waals surface area contributed by atoms with Crippen molar-refractivity contribution >= 4 is 5.57 Å². The van der Waals surface area contributed by atoms with Crippen molar-refractivity contribution in [2.24, 2.45) is 5.73 Å². The van der Waals surface area contributed by atoms with Gasteiger partial charge in [0.05, 0.1) is 6.61 Å². The zero-order valence-corrected chi connectivity index (χ0v) is 18.7. The summed E-state index contributed by atoms with van der Waals surface area (Å²) in [6.45, 7) is 15.7. The fraction of sp³-hybridized carbons (Fsp3) is 0.333. The van der Waals surface area contributed by atoms with Crippen LogP contribution in [0.25, 0.3) is 5.57 Å². The maximum absolute atomic E-state index is 6.14. The van der Waals surface area contributed by atoms with Crippen molar-refractivity contribution in [1.82, 2.24) is 0 Å². The Bertz CT molecular complexity index is 896. The average molecular weight is 406 g/mol. The average Bonchev–Trinajstić information content (AvgIpc) is 2.74. The summed E-state index contributed by atoms with van der Waals surface area (Å²) in [4.78, 5) is 0. The molecular formula is C27H35NO2. The SMILES string of the molecule is C=CCC/C=C(/C)CCOc1cc(OCc2ccccc2C)cc(C(=C)CN)c1C. The van der Waals surface area contributed by atoms with Crippen molar-refractivity contribution < 1.29 is 9.47 Å². The first-order chi connectivity index (χ1) is 14.5. The Morgan fingerprint density at radius 1 is 1.10 bits per heavy atom. The maximum Gasteiger partial charge on any atom is 0.126 e. The number of unbranched alkanes of at least 4 members (excludes halogenated alkanes) is 1. The lowest BCUT2D eigenvalue weighted by Gasteiger charge is -2.17. The molecule has 2 N–H and O–H groups in total. The van der Waals surface area contributed by atoms with Gasteiger partial charge in [0.2, 0.25) is 0 Å². The molecule has 0 atom stereocenters. The molecule has 0 aliphatic heterocycles. The highest BCUT2D eigenvalue weighted by atomic mass is 16.5. The minimum atomic E-state index is 0.396. The number of rotatable bonds is 12. The molecule has 30 heavy (non-hydrogen) atoms. The van der Waals surface area contributed by atoms with Crippen LogP contribution in [0.15, 0.2) is 67.3 Å². The molecule has 3 heteroatoms. The topological polar surface area (TPSA) is 44.5 Å². The first-order valence-corrected chi connectivity index (χ1v) is 10.6. The third-order valence-corrected chi connectivity index (χ3v) is 5.23. The molecule has 0 aromatic heterocycles. The van der Waals surface area contributed by atoms with E-state index < -0.39 is 0 Å². The molecule has 2 aromatic rings. The van der Waals surface area contributed by atoms with Crippen LogP contribution in [0.5, 0.6) is 11.5 Å². The van der Waals surface area contributed by atoms with Gasteiger partial charge in [-0.05, 0) is 67.5 Å². The molecule has 0 unspecified atom stereocenters. The van der Waals surface area contributed by atoms with Crippen LogP contribution in [0.4, 0.5) is 0 Å². The standard InChI is InChI=1S/C27H35NO2/c1-6-7-8-11-20(2)14-15-29-27-17-25(16-26(23(27)5)22(4)18-28)30-19-24-13-10-9-12-21(24)3/h6,9-13,16-17H,1,4,7-8,14-15,18-19,28H2,2-3,5H3/b20-11-. The Hall–Kier alpha value is -2.78. The molecule has 0 radical (unpaired) electrons. The highest BCUT2D eigenvalue weighted by molar-refractivity contribution is 5.71. The molecule has 0 amide bonds. The van der Waals surface area contributed by atoms with E-state index in [0.29, 0.717) is 19.8 Å². The van der Waals surface area contributed by atoms with Gasteiger partial charge in [0.25, 0.3) is 0 Å². The van der Waals surface area contributed by atoms with E-state index in [1.165, 1.54) is 16.7 Å². The summed E-state index contributed by atoms with van der Waals surface area (Å²) in [5, 5.41) is 0. The van der Waals surface area contributed by atoms with Crippen LogP contribution in [0.1, 0.15) is 48.4 Å². The Morgan fingerprint density at radius 3 is 2.57 bits per heavy atom. The van der Waals surface area contributed by atoms with Crippen LogP contribution in [0, 0.1) is 13.8 Å². The van der Waals surface area contributed by atoms with Gasteiger partial charge in [-0.1, -0.05) is 48.6 Å². The van der Waals surface area contributed by atoms with Crippen LogP contribution in [-0.4, -0.2) is 13.2 Å². The molecule has 2 aromatic carbocycles. The van der Waals surface area contributed by atoms with Crippen molar-refractivity contribution in [3.05, 3.63) is 89.5 Å². The second-order valence-corrected chi connectivity index (χ2v) is 7.63. The minimum absolute atomic E-state index is 0.396. The number of hydrogen-bond donors (Lipinski definition) is 1. The lowest BCUT2D eigenvalue weighted by atomic mass is 10.0. The predicted octanol–water partition coefficient (Wildman–Crippen LogP) is 6.54. The quantitative estimate of drug-likeness (QED) is 0.322. The van der Waals surface area contributed by atoms with Gasteiger partial charge in [-0.15, -0.1) is 6.58 Å². The normalized spacial score (nSPS) is 11.3. The van der Waals surface area contributed by atoms with Gasteiger partial charge in [-0.25, -0.2) is 0 Å². The molecule has 0 aliphatic carbocycles. The molecule has 0 spiro atoms. The summed E-state index contributed by atoms with van der Waals surface area (Å²) in [7, 11) is 0. The Morgan fingerprint density at radius 2 is 1.87 bits per heavy atom. The number of aryl methyl sites for hydroxylation is 1. The lowest BCUT2D eigenvalue weighted by Crippen LogP contribution is -2.06. The molecule has 3 nitrogen and oxygen atoms in total. The van der Waals surface area contributed by atoms with E-state index in [4.69, 9.17) is 15.2 Å². The van der Waals surface area contributed by atoms with Crippen molar-refractivity contribution in [3.8, 4) is 11.5 Å². The first-order valence-electron chi connectivity index (χ1n) is 10.6. The van der Waals surface area contributed by atoms with Crippen molar-refractivity contribution in [1.29, 1.82) is 0 Å². The van der Waals surface area contributed by atoms with Crippen molar-refractivity contribution in [2.45, 2.75) is 46.6 Å². The van der Waals surface area contributed by atoms with Crippen LogP contribution in [0.3, 0.4) is 0 Å². The molecule has 0 heterocycles. The number of hydrogen-bond acceptors (Lipinski definition) is 3. The van der Waals surface area contributed by atoms with Gasteiger partial charge in [-0.3, -0.25) is 0 Å². The van der Waals surface area contributed by atoms with E-state index >= 15 is 0 Å². The molecule has 0 bridgehead atoms. The lowest BCUT2D eigenvalue weighted by molar-refractivity contribution is 0.294. The maximum atomic E-state index is 6.14. The van der Waals surface area contributed by atoms with Crippen molar-refractivity contribution in [3.63, 3.8) is 0 Å². The number of benzene rings is 2. The van der Waals surface area contributed by atoms with E-state index in [2.05, 4.69) is 45.2 Å². The molecule has 0 saturated carbocycles. The van der Waals surface area contributed by atoms with Crippen LogP contribution >= 0.6 is 0 Å². The summed E-state index contributed by atoms with van der Waals surface area (Å²) >= 11 is 0. The van der Waals surface area contributed by atoms with E-state index in [1.807, 2.05) is 37.3 Å². The van der Waals surface area contributed by atoms with E-state index in [9.17, 15) is 0 Å². The van der Waals surface area contributed by atoms with Gasteiger partial charge < -0.3 is 15.2 Å². The Balaban J connectivity index is 2.14. The zero-order valence-electron chi connectivity index (χ0n) is 18.7. The van der Waals surface area contributed by atoms with E-state index in [1.54, 1.807) is 0 Å². The van der Waals surface area contributed by atoms with Gasteiger partial charge in [-0.2, -0.15) is 0 Å². The predicted molar refractivity (Wildman–Crippen MR) is 128 cm³/mol. The Kier molecular flexibility index (Phi) is 9.43. The molecule has 0 aliphatic rings. The fourth-order valence-corrected chi connectivity index (χ4v) is 3.18. The molecule has 0 fully saturated rings. The number of nitrogens with two attached hydrogens (primary N) is 1. The van der Waals surface area contributed by atoms with Crippen LogP contribution in [0.2, 0.25) is 0 Å². The highest BCUT2D eigenvalue weighted by Gasteiger charge is 2.12. The van der Waals surface area contributed by atoms with E-state index in [0.717, 1.165) is 47.5 Å². The summed E-state index contributed by atoms with van der Waals surface area (Å²) < 4.78 is 12.3. The highest BCUT2D eigenvalue weighted by Crippen LogP contribution is 2.32. The number of allylic oxidation sites excluding steroid dienone is 2. The molecule has 2 rings (SSSR count). The largest absolute Gasteiger partial charge is 0.493 e. The number of ether oxygens (including phenoxy) is 2. The molecule has 0 saturated heterocycles. The van der Waals surface area contributed by atoms with Gasteiger partial charge in [0.1, 0.15) is 18.1 Å². The second kappa shape index (κ2) is 12.0. The first kappa shape index (κ1) is 23.5. The minimum Gasteiger partial charge on any atom is -0.493 e. The van der Waals surface area contributed by atoms with E-state index in [-0.39, 0.29) is 0 Å². The van der Waals surface area contributed by atoms with Gasteiger partial charge >= 0.3 is 0 Å². The molecule has 160 valence electrons. The zero-order chi connectivity index (χ0) is 21.9. The molecular weight excluding hydrogens is 370 g/mol. The summed E-state index contributed by atoms with van der Waals surface area (Å²) in [5.41, 5.74) is 12.5. The van der Waals surface area contributed by atoms with Crippen LogP contribution in [-0.2, 0) is 6.61 Å². The summed E-state index contributed by atoms with van der Waals surface area (Å²) in [6, 6.07) is 12.2. The fourth-order valence-electron chi connectivity index (χ4n) is 3.18. The monoisotopic (exact) mass is 405 g/mol. The third kappa shape index (κ3) is 6.93. The Labute approximate surface area is 181 Å². The third-order valence-electron chi connectivity index (χ3n) is 5.23. The van der Waals surface area contributed by atoms with Gasteiger partial charge in [0.15, 0.2) is 0 Å². The second-order valence-electron chi connectivity index (χ2n) is 7.63. The smallest absolute Gasteiger partial charge is 0.126 e. The van der Waals surface area contributed by atoms with Gasteiger partial charge in [0, 0.05) is 19.0 Å². The summed E-state index contributed by atoms with van der Waals surface area (Å²) in [5.74, 6) is 1.59. The van der Waals surface area contributed by atoms with Crippen LogP contribution < -0.4 is 15.2 Å². The summed E-state index contributed by atoms with van der Waals surface area (Å²) in [6.07, 6.45) is 7.11.